The molecule has 0 saturated heterocycles. The van der Waals surface area contributed by atoms with Gasteiger partial charge in [0.05, 0.1) is 6.54 Å². The number of para-hydroxylation sites is 1. The Hall–Kier alpha value is -1.55. The monoisotopic (exact) mass is 235 g/mol. The van der Waals surface area contributed by atoms with Crippen molar-refractivity contribution in [1.82, 2.24) is 5.32 Å². The summed E-state index contributed by atoms with van der Waals surface area (Å²) in [6.45, 7) is 6.86. The predicted molar refractivity (Wildman–Crippen MR) is 70.9 cm³/mol. The van der Waals surface area contributed by atoms with Crippen molar-refractivity contribution in [3.63, 3.8) is 0 Å². The van der Waals surface area contributed by atoms with E-state index in [-0.39, 0.29) is 12.5 Å². The summed E-state index contributed by atoms with van der Waals surface area (Å²) in [6.07, 6.45) is 0. The summed E-state index contributed by atoms with van der Waals surface area (Å²) < 4.78 is 0. The molecule has 0 aromatic heterocycles. The molecule has 0 fully saturated rings. The van der Waals surface area contributed by atoms with Crippen LogP contribution in [0.25, 0.3) is 0 Å². The fraction of sp³-hybridized carbons (Fsp3) is 0.462. The van der Waals surface area contributed by atoms with Gasteiger partial charge in [0.2, 0.25) is 5.91 Å². The number of carbonyl (C=O) groups is 1. The normalized spacial score (nSPS) is 10.2. The first kappa shape index (κ1) is 13.5. The van der Waals surface area contributed by atoms with E-state index < -0.39 is 0 Å². The van der Waals surface area contributed by atoms with Crippen molar-refractivity contribution in [2.75, 3.05) is 24.5 Å². The molecule has 0 spiro atoms. The highest BCUT2D eigenvalue weighted by atomic mass is 16.1. The Morgan fingerprint density at radius 2 is 2.06 bits per heavy atom. The first-order chi connectivity index (χ1) is 8.19. The minimum absolute atomic E-state index is 0.264. The Morgan fingerprint density at radius 3 is 2.65 bits per heavy atom. The molecule has 1 amide bonds. The third kappa shape index (κ3) is 4.07. The van der Waals surface area contributed by atoms with Gasteiger partial charge in [0, 0.05) is 18.8 Å². The number of carbonyl (C=O) groups excluding carboxylic acids is 1. The molecule has 0 aliphatic carbocycles. The number of primary amides is 1. The predicted octanol–water partition coefficient (Wildman–Crippen LogP) is 1.11. The third-order valence-corrected chi connectivity index (χ3v) is 2.63. The van der Waals surface area contributed by atoms with Gasteiger partial charge in [0.15, 0.2) is 0 Å². The molecule has 0 unspecified atom stereocenters. The van der Waals surface area contributed by atoms with Crippen LogP contribution in [0.15, 0.2) is 24.3 Å². The van der Waals surface area contributed by atoms with Gasteiger partial charge in [-0.25, -0.2) is 0 Å². The Kier molecular flexibility index (Phi) is 5.49. The summed E-state index contributed by atoms with van der Waals surface area (Å²) in [5.74, 6) is -0.301. The van der Waals surface area contributed by atoms with Gasteiger partial charge < -0.3 is 16.0 Å². The van der Waals surface area contributed by atoms with Crippen molar-refractivity contribution < 1.29 is 4.79 Å². The van der Waals surface area contributed by atoms with Gasteiger partial charge in [-0.15, -0.1) is 0 Å². The maximum atomic E-state index is 11.0. The summed E-state index contributed by atoms with van der Waals surface area (Å²) in [7, 11) is 0. The Labute approximate surface area is 103 Å². The van der Waals surface area contributed by atoms with Crippen molar-refractivity contribution in [3.8, 4) is 0 Å². The van der Waals surface area contributed by atoms with E-state index in [0.29, 0.717) is 0 Å². The number of nitrogens with zero attached hydrogens (tertiary/aromatic N) is 1. The van der Waals surface area contributed by atoms with E-state index in [1.165, 1.54) is 5.56 Å². The molecule has 94 valence electrons. The van der Waals surface area contributed by atoms with E-state index in [2.05, 4.69) is 18.3 Å². The van der Waals surface area contributed by atoms with Crippen LogP contribution in [0.4, 0.5) is 5.69 Å². The highest BCUT2D eigenvalue weighted by Crippen LogP contribution is 2.19. The molecule has 0 atom stereocenters. The average molecular weight is 235 g/mol. The van der Waals surface area contributed by atoms with E-state index >= 15 is 0 Å². The van der Waals surface area contributed by atoms with Gasteiger partial charge in [-0.1, -0.05) is 25.1 Å². The van der Waals surface area contributed by atoms with E-state index in [1.54, 1.807) is 0 Å². The average Bonchev–Trinajstić information content (AvgIpc) is 2.33. The summed E-state index contributed by atoms with van der Waals surface area (Å²) in [5, 5.41) is 3.29. The lowest BCUT2D eigenvalue weighted by molar-refractivity contribution is -0.116. The second-order valence-corrected chi connectivity index (χ2v) is 3.89. The van der Waals surface area contributed by atoms with Crippen LogP contribution >= 0.6 is 0 Å². The molecule has 1 aromatic rings. The number of nitrogens with two attached hydrogens (primary N) is 1. The van der Waals surface area contributed by atoms with Gasteiger partial charge in [0.25, 0.3) is 0 Å². The summed E-state index contributed by atoms with van der Waals surface area (Å²) in [5.41, 5.74) is 7.53. The molecular weight excluding hydrogens is 214 g/mol. The third-order valence-electron chi connectivity index (χ3n) is 2.63. The molecule has 4 heteroatoms. The molecule has 4 nitrogen and oxygen atoms in total. The van der Waals surface area contributed by atoms with Crippen molar-refractivity contribution in [3.05, 3.63) is 29.8 Å². The van der Waals surface area contributed by atoms with Crippen LogP contribution in [-0.2, 0) is 11.3 Å². The van der Waals surface area contributed by atoms with Crippen LogP contribution in [-0.4, -0.2) is 25.5 Å². The molecule has 1 rings (SSSR count). The lowest BCUT2D eigenvalue weighted by Crippen LogP contribution is -2.34. The topological polar surface area (TPSA) is 58.4 Å². The van der Waals surface area contributed by atoms with Crippen molar-refractivity contribution >= 4 is 11.6 Å². The second-order valence-electron chi connectivity index (χ2n) is 3.89. The zero-order chi connectivity index (χ0) is 12.7. The standard InChI is InChI=1S/C13H21N3O/c1-3-15-9-11-7-5-6-8-12(11)16(4-2)10-13(14)17/h5-8,15H,3-4,9-10H2,1-2H3,(H2,14,17). The summed E-state index contributed by atoms with van der Waals surface area (Å²) in [4.78, 5) is 13.0. The number of amides is 1. The first-order valence-corrected chi connectivity index (χ1v) is 6.00. The van der Waals surface area contributed by atoms with E-state index in [4.69, 9.17) is 5.73 Å². The second kappa shape index (κ2) is 6.91. The summed E-state index contributed by atoms with van der Waals surface area (Å²) >= 11 is 0. The molecule has 0 aliphatic rings. The van der Waals surface area contributed by atoms with Crippen molar-refractivity contribution in [1.29, 1.82) is 0 Å². The molecule has 1 aromatic carbocycles. The Morgan fingerprint density at radius 1 is 1.35 bits per heavy atom. The number of hydrogen-bond donors (Lipinski definition) is 2. The van der Waals surface area contributed by atoms with Crippen LogP contribution in [0.5, 0.6) is 0 Å². The molecule has 17 heavy (non-hydrogen) atoms. The van der Waals surface area contributed by atoms with E-state index in [9.17, 15) is 4.79 Å². The lowest BCUT2D eigenvalue weighted by atomic mass is 10.1. The van der Waals surface area contributed by atoms with Crippen LogP contribution in [0, 0.1) is 0 Å². The van der Waals surface area contributed by atoms with Crippen molar-refractivity contribution in [2.24, 2.45) is 5.73 Å². The quantitative estimate of drug-likeness (QED) is 0.744. The van der Waals surface area contributed by atoms with Gasteiger partial charge in [-0.05, 0) is 25.1 Å². The van der Waals surface area contributed by atoms with Crippen LogP contribution in [0.1, 0.15) is 19.4 Å². The molecule has 3 N–H and O–H groups in total. The number of benzene rings is 1. The van der Waals surface area contributed by atoms with Gasteiger partial charge in [-0.3, -0.25) is 4.79 Å². The zero-order valence-electron chi connectivity index (χ0n) is 10.6. The number of anilines is 1. The molecule has 0 radical (unpaired) electrons. The van der Waals surface area contributed by atoms with E-state index in [0.717, 1.165) is 25.3 Å². The maximum absolute atomic E-state index is 11.0. The van der Waals surface area contributed by atoms with Crippen molar-refractivity contribution in [2.45, 2.75) is 20.4 Å². The van der Waals surface area contributed by atoms with E-state index in [1.807, 2.05) is 30.0 Å². The van der Waals surface area contributed by atoms with Crippen LogP contribution in [0.2, 0.25) is 0 Å². The largest absolute Gasteiger partial charge is 0.368 e. The number of rotatable bonds is 7. The lowest BCUT2D eigenvalue weighted by Gasteiger charge is -2.24. The zero-order valence-corrected chi connectivity index (χ0v) is 10.6. The Balaban J connectivity index is 2.88. The maximum Gasteiger partial charge on any atom is 0.236 e. The molecule has 0 bridgehead atoms. The fourth-order valence-corrected chi connectivity index (χ4v) is 1.78. The highest BCUT2D eigenvalue weighted by molar-refractivity contribution is 5.79. The minimum atomic E-state index is -0.301. The fourth-order valence-electron chi connectivity index (χ4n) is 1.78. The van der Waals surface area contributed by atoms with Gasteiger partial charge >= 0.3 is 0 Å². The Bertz CT molecular complexity index is 365. The van der Waals surface area contributed by atoms with Gasteiger partial charge in [0.1, 0.15) is 0 Å². The molecule has 0 saturated carbocycles. The number of likely N-dealkylation sites (N-methyl/N-ethyl adjacent to an activating group) is 1. The highest BCUT2D eigenvalue weighted by Gasteiger charge is 2.10. The number of hydrogen-bond acceptors (Lipinski definition) is 3. The smallest absolute Gasteiger partial charge is 0.236 e. The number of nitrogens with one attached hydrogen (secondary N) is 1. The summed E-state index contributed by atoms with van der Waals surface area (Å²) in [6, 6.07) is 8.09. The first-order valence-electron chi connectivity index (χ1n) is 6.00. The SMILES string of the molecule is CCNCc1ccccc1N(CC)CC(N)=O. The molecule has 0 heterocycles. The molecular formula is C13H21N3O. The minimum Gasteiger partial charge on any atom is -0.368 e. The van der Waals surface area contributed by atoms with Crippen LogP contribution < -0.4 is 16.0 Å². The van der Waals surface area contributed by atoms with Gasteiger partial charge in [-0.2, -0.15) is 0 Å². The molecule has 0 aliphatic heterocycles. The van der Waals surface area contributed by atoms with Crippen LogP contribution in [0.3, 0.4) is 0 Å².